The number of fused-ring (bicyclic) bond motifs is 1. The number of aliphatic hydroxyl groups excluding tert-OH is 1. The van der Waals surface area contributed by atoms with Crippen LogP contribution in [0, 0.1) is 5.41 Å². The normalized spacial score (nSPS) is 21.4. The van der Waals surface area contributed by atoms with Gasteiger partial charge in [0.25, 0.3) is 0 Å². The van der Waals surface area contributed by atoms with Crippen molar-refractivity contribution >= 4 is 11.4 Å². The largest absolute Gasteiger partial charge is 0.396 e. The molecule has 1 saturated heterocycles. The topological polar surface area (TPSA) is 35.9 Å². The van der Waals surface area contributed by atoms with Gasteiger partial charge in [0.15, 0.2) is 0 Å². The summed E-state index contributed by atoms with van der Waals surface area (Å²) in [7, 11) is 2.13. The molecule has 2 heterocycles. The average Bonchev–Trinajstić information content (AvgIpc) is 2.37. The van der Waals surface area contributed by atoms with E-state index >= 15 is 0 Å². The van der Waals surface area contributed by atoms with E-state index in [4.69, 9.17) is 4.74 Å². The Morgan fingerprint density at radius 2 is 1.94 bits per heavy atom. The summed E-state index contributed by atoms with van der Waals surface area (Å²) in [6.45, 7) is 4.49. The lowest BCUT2D eigenvalue weighted by Crippen LogP contribution is -2.55. The number of hydrogen-bond donors (Lipinski definition) is 1. The first-order valence-electron chi connectivity index (χ1n) is 6.48. The summed E-state index contributed by atoms with van der Waals surface area (Å²) in [6, 6.07) is 8.47. The van der Waals surface area contributed by atoms with E-state index in [0.717, 1.165) is 19.6 Å². The third kappa shape index (κ3) is 1.85. The number of aliphatic hydroxyl groups is 1. The fraction of sp³-hybridized carbons (Fsp3) is 0.571. The molecule has 4 nitrogen and oxygen atoms in total. The van der Waals surface area contributed by atoms with E-state index in [1.165, 1.54) is 11.4 Å². The molecule has 0 saturated carbocycles. The standard InChI is InChI=1S/C14H20N2O2/c1-15-6-7-16(8-14(9-17)10-18-11-14)13-5-3-2-4-12(13)15/h2-5,17H,6-11H2,1H3. The van der Waals surface area contributed by atoms with E-state index in [2.05, 4.69) is 41.1 Å². The van der Waals surface area contributed by atoms with Gasteiger partial charge in [-0.25, -0.2) is 0 Å². The van der Waals surface area contributed by atoms with Gasteiger partial charge in [0.05, 0.1) is 36.6 Å². The third-order valence-electron chi connectivity index (χ3n) is 4.02. The summed E-state index contributed by atoms with van der Waals surface area (Å²) in [6.07, 6.45) is 0. The number of anilines is 2. The minimum Gasteiger partial charge on any atom is -0.396 e. The molecule has 18 heavy (non-hydrogen) atoms. The van der Waals surface area contributed by atoms with Gasteiger partial charge in [-0.15, -0.1) is 0 Å². The van der Waals surface area contributed by atoms with Crippen molar-refractivity contribution in [3.63, 3.8) is 0 Å². The summed E-state index contributed by atoms with van der Waals surface area (Å²) in [5.41, 5.74) is 2.49. The molecule has 2 aliphatic heterocycles. The van der Waals surface area contributed by atoms with Crippen molar-refractivity contribution in [2.24, 2.45) is 5.41 Å². The first kappa shape index (κ1) is 11.8. The molecule has 0 unspecified atom stereocenters. The fourth-order valence-corrected chi connectivity index (χ4v) is 2.76. The lowest BCUT2D eigenvalue weighted by Gasteiger charge is -2.46. The van der Waals surface area contributed by atoms with Gasteiger partial charge in [0.1, 0.15) is 0 Å². The van der Waals surface area contributed by atoms with Crippen LogP contribution in [0.25, 0.3) is 0 Å². The van der Waals surface area contributed by atoms with Crippen LogP contribution in [0.1, 0.15) is 0 Å². The first-order valence-corrected chi connectivity index (χ1v) is 6.48. The minimum atomic E-state index is -0.0526. The Morgan fingerprint density at radius 3 is 2.56 bits per heavy atom. The Morgan fingerprint density at radius 1 is 1.22 bits per heavy atom. The van der Waals surface area contributed by atoms with E-state index in [1.54, 1.807) is 0 Å². The summed E-state index contributed by atoms with van der Waals surface area (Å²) in [4.78, 5) is 4.67. The number of nitrogens with zero attached hydrogens (tertiary/aromatic N) is 2. The SMILES string of the molecule is CN1CCN(CC2(CO)COC2)c2ccccc21. The molecular weight excluding hydrogens is 228 g/mol. The zero-order valence-corrected chi connectivity index (χ0v) is 10.8. The molecule has 2 aliphatic rings. The van der Waals surface area contributed by atoms with Crippen LogP contribution in [-0.4, -0.2) is 51.6 Å². The van der Waals surface area contributed by atoms with Crippen LogP contribution in [-0.2, 0) is 4.74 Å². The van der Waals surface area contributed by atoms with Crippen LogP contribution >= 0.6 is 0 Å². The summed E-state index contributed by atoms with van der Waals surface area (Å²) in [5, 5.41) is 9.55. The quantitative estimate of drug-likeness (QED) is 0.864. The smallest absolute Gasteiger partial charge is 0.0604 e. The van der Waals surface area contributed by atoms with Gasteiger partial charge in [-0.3, -0.25) is 0 Å². The van der Waals surface area contributed by atoms with E-state index < -0.39 is 0 Å². The number of hydrogen-bond acceptors (Lipinski definition) is 4. The first-order chi connectivity index (χ1) is 8.74. The van der Waals surface area contributed by atoms with Gasteiger partial charge in [0.2, 0.25) is 0 Å². The molecule has 1 fully saturated rings. The second kappa shape index (κ2) is 4.44. The van der Waals surface area contributed by atoms with Gasteiger partial charge in [-0.2, -0.15) is 0 Å². The minimum absolute atomic E-state index is 0.0526. The van der Waals surface area contributed by atoms with Crippen molar-refractivity contribution in [1.82, 2.24) is 0 Å². The van der Waals surface area contributed by atoms with Crippen LogP contribution in [0.5, 0.6) is 0 Å². The lowest BCUT2D eigenvalue weighted by molar-refractivity contribution is -0.131. The predicted octanol–water partition coefficient (Wildman–Crippen LogP) is 0.952. The fourth-order valence-electron chi connectivity index (χ4n) is 2.76. The van der Waals surface area contributed by atoms with Crippen molar-refractivity contribution < 1.29 is 9.84 Å². The highest BCUT2D eigenvalue weighted by atomic mass is 16.5. The monoisotopic (exact) mass is 248 g/mol. The van der Waals surface area contributed by atoms with Crippen molar-refractivity contribution in [3.05, 3.63) is 24.3 Å². The molecule has 0 atom stereocenters. The van der Waals surface area contributed by atoms with E-state index in [0.29, 0.717) is 13.2 Å². The Bertz CT molecular complexity index is 426. The van der Waals surface area contributed by atoms with Crippen molar-refractivity contribution in [3.8, 4) is 0 Å². The van der Waals surface area contributed by atoms with E-state index in [-0.39, 0.29) is 12.0 Å². The molecule has 1 N–H and O–H groups in total. The highest BCUT2D eigenvalue weighted by Gasteiger charge is 2.40. The summed E-state index contributed by atoms with van der Waals surface area (Å²) < 4.78 is 5.28. The number of ether oxygens (including phenoxy) is 1. The average molecular weight is 248 g/mol. The van der Waals surface area contributed by atoms with Gasteiger partial charge >= 0.3 is 0 Å². The maximum absolute atomic E-state index is 9.55. The molecule has 4 heteroatoms. The summed E-state index contributed by atoms with van der Waals surface area (Å²) >= 11 is 0. The Balaban J connectivity index is 1.84. The van der Waals surface area contributed by atoms with Crippen LogP contribution in [0.15, 0.2) is 24.3 Å². The summed E-state index contributed by atoms with van der Waals surface area (Å²) in [5.74, 6) is 0. The zero-order chi connectivity index (χ0) is 12.6. The second-order valence-electron chi connectivity index (χ2n) is 5.48. The van der Waals surface area contributed by atoms with E-state index in [1.807, 2.05) is 0 Å². The number of rotatable bonds is 3. The molecule has 0 bridgehead atoms. The van der Waals surface area contributed by atoms with Gasteiger partial charge in [-0.1, -0.05) is 12.1 Å². The molecule has 0 radical (unpaired) electrons. The van der Waals surface area contributed by atoms with Gasteiger partial charge < -0.3 is 19.6 Å². The van der Waals surface area contributed by atoms with Crippen LogP contribution in [0.2, 0.25) is 0 Å². The Kier molecular flexibility index (Phi) is 2.92. The third-order valence-corrected chi connectivity index (χ3v) is 4.02. The van der Waals surface area contributed by atoms with Crippen LogP contribution < -0.4 is 9.80 Å². The molecule has 1 aromatic rings. The molecule has 1 aromatic carbocycles. The van der Waals surface area contributed by atoms with Crippen molar-refractivity contribution in [2.75, 3.05) is 56.3 Å². The second-order valence-corrected chi connectivity index (χ2v) is 5.48. The van der Waals surface area contributed by atoms with Crippen LogP contribution in [0.4, 0.5) is 11.4 Å². The lowest BCUT2D eigenvalue weighted by atomic mass is 9.86. The number of para-hydroxylation sites is 2. The van der Waals surface area contributed by atoms with Crippen molar-refractivity contribution in [1.29, 1.82) is 0 Å². The molecule has 0 aliphatic carbocycles. The zero-order valence-electron chi connectivity index (χ0n) is 10.8. The predicted molar refractivity (Wildman–Crippen MR) is 72.3 cm³/mol. The number of benzene rings is 1. The molecule has 98 valence electrons. The number of likely N-dealkylation sites (N-methyl/N-ethyl adjacent to an activating group) is 1. The molecule has 0 spiro atoms. The van der Waals surface area contributed by atoms with Gasteiger partial charge in [-0.05, 0) is 12.1 Å². The van der Waals surface area contributed by atoms with E-state index in [9.17, 15) is 5.11 Å². The molecule has 0 amide bonds. The Labute approximate surface area is 108 Å². The molecular formula is C14H20N2O2. The molecule has 3 rings (SSSR count). The highest BCUT2D eigenvalue weighted by molar-refractivity contribution is 5.73. The maximum Gasteiger partial charge on any atom is 0.0604 e. The Hall–Kier alpha value is -1.26. The van der Waals surface area contributed by atoms with Crippen LogP contribution in [0.3, 0.4) is 0 Å². The van der Waals surface area contributed by atoms with Gasteiger partial charge in [0, 0.05) is 26.7 Å². The maximum atomic E-state index is 9.55. The molecule has 0 aromatic heterocycles. The van der Waals surface area contributed by atoms with Crippen molar-refractivity contribution in [2.45, 2.75) is 0 Å². The highest BCUT2D eigenvalue weighted by Crippen LogP contribution is 2.36.